The van der Waals surface area contributed by atoms with Crippen molar-refractivity contribution in [2.24, 2.45) is 0 Å². The van der Waals surface area contributed by atoms with E-state index in [0.29, 0.717) is 17.1 Å². The summed E-state index contributed by atoms with van der Waals surface area (Å²) in [5.41, 5.74) is 0.482. The van der Waals surface area contributed by atoms with Gasteiger partial charge in [0.25, 0.3) is 0 Å². The number of hydrogen-bond donors (Lipinski definition) is 1. The molecule has 0 fully saturated rings. The molecular formula is C12H14F3NO3. The maximum absolute atomic E-state index is 12.1. The van der Waals surface area contributed by atoms with Gasteiger partial charge in [0.1, 0.15) is 0 Å². The molecule has 1 unspecified atom stereocenters. The van der Waals surface area contributed by atoms with E-state index in [1.165, 1.54) is 27.2 Å². The summed E-state index contributed by atoms with van der Waals surface area (Å²) in [6, 6.07) is 3.83. The zero-order valence-electron chi connectivity index (χ0n) is 10.7. The Bertz CT molecular complexity index is 460. The third-order valence-corrected chi connectivity index (χ3v) is 2.51. The molecule has 0 aromatic heterocycles. The second-order valence-corrected chi connectivity index (χ2v) is 3.81. The average Bonchev–Trinajstić information content (AvgIpc) is 2.36. The number of ether oxygens (including phenoxy) is 2. The van der Waals surface area contributed by atoms with E-state index < -0.39 is 18.1 Å². The van der Waals surface area contributed by atoms with Crippen molar-refractivity contribution < 1.29 is 27.4 Å². The zero-order valence-corrected chi connectivity index (χ0v) is 10.7. The summed E-state index contributed by atoms with van der Waals surface area (Å²) in [5, 5.41) is 1.86. The van der Waals surface area contributed by atoms with E-state index in [4.69, 9.17) is 9.47 Å². The Morgan fingerprint density at radius 2 is 1.79 bits per heavy atom. The van der Waals surface area contributed by atoms with Crippen LogP contribution in [0.25, 0.3) is 0 Å². The van der Waals surface area contributed by atoms with Gasteiger partial charge in [-0.25, -0.2) is 0 Å². The van der Waals surface area contributed by atoms with E-state index in [-0.39, 0.29) is 0 Å². The topological polar surface area (TPSA) is 47.6 Å². The SMILES string of the molecule is COc1ccc(C(C)NC(=O)C(F)(F)F)cc1OC. The number of hydrogen-bond acceptors (Lipinski definition) is 3. The monoisotopic (exact) mass is 277 g/mol. The maximum atomic E-state index is 12.1. The van der Waals surface area contributed by atoms with Crippen molar-refractivity contribution in [3.63, 3.8) is 0 Å². The van der Waals surface area contributed by atoms with Gasteiger partial charge in [0.05, 0.1) is 20.3 Å². The van der Waals surface area contributed by atoms with Crippen LogP contribution in [-0.2, 0) is 4.79 Å². The van der Waals surface area contributed by atoms with Gasteiger partial charge in [-0.15, -0.1) is 0 Å². The number of amides is 1. The Kier molecular flexibility index (Phi) is 4.63. The van der Waals surface area contributed by atoms with Crippen molar-refractivity contribution in [3.8, 4) is 11.5 Å². The highest BCUT2D eigenvalue weighted by Crippen LogP contribution is 2.30. The molecule has 1 amide bonds. The Labute approximate surface area is 108 Å². The van der Waals surface area contributed by atoms with Gasteiger partial charge in [-0.2, -0.15) is 13.2 Å². The first kappa shape index (κ1) is 15.1. The summed E-state index contributed by atoms with van der Waals surface area (Å²) in [5.74, 6) is -1.14. The molecular weight excluding hydrogens is 263 g/mol. The Morgan fingerprint density at radius 1 is 1.21 bits per heavy atom. The summed E-state index contributed by atoms with van der Waals surface area (Å²) in [6.07, 6.45) is -4.90. The second-order valence-electron chi connectivity index (χ2n) is 3.81. The Balaban J connectivity index is 2.89. The first-order chi connectivity index (χ1) is 8.79. The molecule has 1 atom stereocenters. The lowest BCUT2D eigenvalue weighted by Gasteiger charge is -2.17. The first-order valence-electron chi connectivity index (χ1n) is 5.39. The lowest BCUT2D eigenvalue weighted by Crippen LogP contribution is -2.38. The fourth-order valence-corrected chi connectivity index (χ4v) is 1.48. The van der Waals surface area contributed by atoms with Crippen LogP contribution in [0.5, 0.6) is 11.5 Å². The molecule has 4 nitrogen and oxygen atoms in total. The first-order valence-corrected chi connectivity index (χ1v) is 5.39. The van der Waals surface area contributed by atoms with Crippen molar-refractivity contribution >= 4 is 5.91 Å². The minimum atomic E-state index is -4.90. The number of halogens is 3. The molecule has 106 valence electrons. The van der Waals surface area contributed by atoms with Gasteiger partial charge >= 0.3 is 12.1 Å². The molecule has 1 rings (SSSR count). The molecule has 0 radical (unpaired) electrons. The van der Waals surface area contributed by atoms with Crippen molar-refractivity contribution in [1.29, 1.82) is 0 Å². The molecule has 0 heterocycles. The van der Waals surface area contributed by atoms with Gasteiger partial charge in [-0.3, -0.25) is 4.79 Å². The van der Waals surface area contributed by atoms with Crippen LogP contribution in [0.15, 0.2) is 18.2 Å². The third kappa shape index (κ3) is 3.77. The summed E-state index contributed by atoms with van der Waals surface area (Å²) in [7, 11) is 2.87. The van der Waals surface area contributed by atoms with Crippen LogP contribution >= 0.6 is 0 Å². The van der Waals surface area contributed by atoms with Crippen molar-refractivity contribution in [3.05, 3.63) is 23.8 Å². The molecule has 0 saturated carbocycles. The minimum absolute atomic E-state index is 0.383. The predicted octanol–water partition coefficient (Wildman–Crippen LogP) is 2.44. The van der Waals surface area contributed by atoms with Gasteiger partial charge in [0.15, 0.2) is 11.5 Å². The summed E-state index contributed by atoms with van der Waals surface area (Å²) in [6.45, 7) is 1.45. The largest absolute Gasteiger partial charge is 0.493 e. The van der Waals surface area contributed by atoms with E-state index in [0.717, 1.165) is 0 Å². The quantitative estimate of drug-likeness (QED) is 0.919. The predicted molar refractivity (Wildman–Crippen MR) is 62.2 cm³/mol. The number of carbonyl (C=O) groups excluding carboxylic acids is 1. The highest BCUT2D eigenvalue weighted by molar-refractivity contribution is 5.82. The van der Waals surface area contributed by atoms with Crippen LogP contribution in [0.3, 0.4) is 0 Å². The summed E-state index contributed by atoms with van der Waals surface area (Å²) >= 11 is 0. The fraction of sp³-hybridized carbons (Fsp3) is 0.417. The smallest absolute Gasteiger partial charge is 0.471 e. The number of alkyl halides is 3. The fourth-order valence-electron chi connectivity index (χ4n) is 1.48. The molecule has 0 aliphatic rings. The van der Waals surface area contributed by atoms with Gasteiger partial charge in [0.2, 0.25) is 0 Å². The van der Waals surface area contributed by atoms with Crippen molar-refractivity contribution in [2.45, 2.75) is 19.1 Å². The van der Waals surface area contributed by atoms with Crippen LogP contribution in [0.1, 0.15) is 18.5 Å². The molecule has 0 bridgehead atoms. The minimum Gasteiger partial charge on any atom is -0.493 e. The van der Waals surface area contributed by atoms with E-state index in [9.17, 15) is 18.0 Å². The highest BCUT2D eigenvalue weighted by Gasteiger charge is 2.39. The Morgan fingerprint density at radius 3 is 2.26 bits per heavy atom. The van der Waals surface area contributed by atoms with Gasteiger partial charge in [-0.05, 0) is 24.6 Å². The van der Waals surface area contributed by atoms with Gasteiger partial charge < -0.3 is 14.8 Å². The molecule has 1 N–H and O–H groups in total. The Hall–Kier alpha value is -1.92. The van der Waals surface area contributed by atoms with Gasteiger partial charge in [0, 0.05) is 0 Å². The average molecular weight is 277 g/mol. The lowest BCUT2D eigenvalue weighted by molar-refractivity contribution is -0.174. The van der Waals surface area contributed by atoms with Gasteiger partial charge in [-0.1, -0.05) is 6.07 Å². The molecule has 19 heavy (non-hydrogen) atoms. The summed E-state index contributed by atoms with van der Waals surface area (Å²) < 4.78 is 46.5. The second kappa shape index (κ2) is 5.81. The molecule has 0 spiro atoms. The van der Waals surface area contributed by atoms with Crippen molar-refractivity contribution in [2.75, 3.05) is 14.2 Å². The summed E-state index contributed by atoms with van der Waals surface area (Å²) in [4.78, 5) is 10.8. The van der Waals surface area contributed by atoms with E-state index >= 15 is 0 Å². The number of benzene rings is 1. The molecule has 0 saturated heterocycles. The normalized spacial score (nSPS) is 12.7. The van der Waals surface area contributed by atoms with E-state index in [1.54, 1.807) is 12.1 Å². The van der Waals surface area contributed by atoms with E-state index in [2.05, 4.69) is 0 Å². The maximum Gasteiger partial charge on any atom is 0.471 e. The molecule has 1 aromatic carbocycles. The molecule has 7 heteroatoms. The van der Waals surface area contributed by atoms with E-state index in [1.807, 2.05) is 5.32 Å². The number of rotatable bonds is 4. The van der Waals surface area contributed by atoms with Crippen LogP contribution < -0.4 is 14.8 Å². The number of methoxy groups -OCH3 is 2. The standard InChI is InChI=1S/C12H14F3NO3/c1-7(16-11(17)12(13,14)15)8-4-5-9(18-2)10(6-8)19-3/h4-7H,1-3H3,(H,16,17). The van der Waals surface area contributed by atoms with Crippen molar-refractivity contribution in [1.82, 2.24) is 5.32 Å². The molecule has 1 aromatic rings. The van der Waals surface area contributed by atoms with Crippen LogP contribution in [0.2, 0.25) is 0 Å². The number of nitrogens with one attached hydrogen (secondary N) is 1. The highest BCUT2D eigenvalue weighted by atomic mass is 19.4. The molecule has 0 aliphatic heterocycles. The van der Waals surface area contributed by atoms with Crippen LogP contribution in [0, 0.1) is 0 Å². The number of carbonyl (C=O) groups is 1. The molecule has 0 aliphatic carbocycles. The third-order valence-electron chi connectivity index (χ3n) is 2.51. The van der Waals surface area contributed by atoms with Crippen LogP contribution in [-0.4, -0.2) is 26.3 Å². The van der Waals surface area contributed by atoms with Crippen LogP contribution in [0.4, 0.5) is 13.2 Å². The lowest BCUT2D eigenvalue weighted by atomic mass is 10.1. The zero-order chi connectivity index (χ0) is 14.6.